The van der Waals surface area contributed by atoms with Crippen LogP contribution in [0.25, 0.3) is 0 Å². The van der Waals surface area contributed by atoms with Gasteiger partial charge in [0.25, 0.3) is 5.91 Å². The number of rotatable bonds is 5. The standard InChI is InChI=1S/C17H18N2O2/c1-13-7-9-15(10-8-13)17(21)19-12-16(20)18-11-14-5-3-2-4-6-14/h2-10H,11-12H2,1H3,(H,18,20)(H,19,21). The second kappa shape index (κ2) is 7.24. The molecule has 0 bridgehead atoms. The number of nitrogens with one attached hydrogen (secondary N) is 2. The van der Waals surface area contributed by atoms with Crippen LogP contribution in [-0.4, -0.2) is 18.4 Å². The first-order chi connectivity index (χ1) is 10.1. The Morgan fingerprint density at radius 3 is 2.24 bits per heavy atom. The summed E-state index contributed by atoms with van der Waals surface area (Å²) in [6.07, 6.45) is 0. The maximum absolute atomic E-state index is 11.8. The van der Waals surface area contributed by atoms with Gasteiger partial charge in [-0.25, -0.2) is 0 Å². The molecule has 2 aromatic carbocycles. The van der Waals surface area contributed by atoms with Crippen LogP contribution in [0.1, 0.15) is 21.5 Å². The van der Waals surface area contributed by atoms with Gasteiger partial charge in [-0.05, 0) is 24.6 Å². The highest BCUT2D eigenvalue weighted by molar-refractivity contribution is 5.96. The predicted molar refractivity (Wildman–Crippen MR) is 81.8 cm³/mol. The van der Waals surface area contributed by atoms with Crippen LogP contribution in [0, 0.1) is 6.92 Å². The monoisotopic (exact) mass is 282 g/mol. The van der Waals surface area contributed by atoms with Gasteiger partial charge in [0.15, 0.2) is 0 Å². The van der Waals surface area contributed by atoms with Crippen molar-refractivity contribution in [3.05, 3.63) is 71.3 Å². The van der Waals surface area contributed by atoms with E-state index in [0.29, 0.717) is 12.1 Å². The van der Waals surface area contributed by atoms with Crippen LogP contribution in [0.4, 0.5) is 0 Å². The van der Waals surface area contributed by atoms with Gasteiger partial charge < -0.3 is 10.6 Å². The van der Waals surface area contributed by atoms with Crippen molar-refractivity contribution in [1.29, 1.82) is 0 Å². The molecule has 0 atom stereocenters. The maximum Gasteiger partial charge on any atom is 0.251 e. The Balaban J connectivity index is 1.76. The van der Waals surface area contributed by atoms with Gasteiger partial charge >= 0.3 is 0 Å². The van der Waals surface area contributed by atoms with Crippen LogP contribution in [-0.2, 0) is 11.3 Å². The third-order valence-corrected chi connectivity index (χ3v) is 3.06. The Morgan fingerprint density at radius 2 is 1.57 bits per heavy atom. The fourth-order valence-corrected chi connectivity index (χ4v) is 1.83. The molecule has 0 saturated carbocycles. The zero-order valence-electron chi connectivity index (χ0n) is 11.9. The van der Waals surface area contributed by atoms with E-state index in [1.54, 1.807) is 12.1 Å². The van der Waals surface area contributed by atoms with Crippen molar-refractivity contribution < 1.29 is 9.59 Å². The number of hydrogen-bond acceptors (Lipinski definition) is 2. The van der Waals surface area contributed by atoms with Crippen LogP contribution < -0.4 is 10.6 Å². The molecule has 0 aliphatic carbocycles. The van der Waals surface area contributed by atoms with Gasteiger partial charge in [0.1, 0.15) is 0 Å². The summed E-state index contributed by atoms with van der Waals surface area (Å²) in [5.41, 5.74) is 2.67. The molecular weight excluding hydrogens is 264 g/mol. The molecule has 0 spiro atoms. The molecule has 4 heteroatoms. The zero-order valence-corrected chi connectivity index (χ0v) is 11.9. The van der Waals surface area contributed by atoms with Gasteiger partial charge in [-0.1, -0.05) is 48.0 Å². The minimum absolute atomic E-state index is 0.0282. The van der Waals surface area contributed by atoms with Crippen molar-refractivity contribution in [1.82, 2.24) is 10.6 Å². The number of benzene rings is 2. The van der Waals surface area contributed by atoms with Crippen molar-refractivity contribution in [2.75, 3.05) is 6.54 Å². The second-order valence-electron chi connectivity index (χ2n) is 4.81. The highest BCUT2D eigenvalue weighted by Gasteiger charge is 2.07. The van der Waals surface area contributed by atoms with Gasteiger partial charge in [-0.15, -0.1) is 0 Å². The van der Waals surface area contributed by atoms with Crippen LogP contribution in [0.5, 0.6) is 0 Å². The Labute approximate surface area is 124 Å². The molecule has 2 N–H and O–H groups in total. The average molecular weight is 282 g/mol. The lowest BCUT2D eigenvalue weighted by molar-refractivity contribution is -0.120. The molecule has 4 nitrogen and oxygen atoms in total. The second-order valence-corrected chi connectivity index (χ2v) is 4.81. The van der Waals surface area contributed by atoms with Crippen molar-refractivity contribution >= 4 is 11.8 Å². The third-order valence-electron chi connectivity index (χ3n) is 3.06. The first-order valence-electron chi connectivity index (χ1n) is 6.80. The largest absolute Gasteiger partial charge is 0.350 e. The number of aryl methyl sites for hydroxylation is 1. The first-order valence-corrected chi connectivity index (χ1v) is 6.80. The number of hydrogen-bond donors (Lipinski definition) is 2. The molecule has 2 rings (SSSR count). The smallest absolute Gasteiger partial charge is 0.251 e. The molecule has 2 aromatic rings. The summed E-state index contributed by atoms with van der Waals surface area (Å²) in [6.45, 7) is 2.39. The maximum atomic E-state index is 11.8. The van der Waals surface area contributed by atoms with Gasteiger partial charge in [0, 0.05) is 12.1 Å². The highest BCUT2D eigenvalue weighted by atomic mass is 16.2. The fourth-order valence-electron chi connectivity index (χ4n) is 1.83. The molecule has 0 saturated heterocycles. The van der Waals surface area contributed by atoms with E-state index in [0.717, 1.165) is 11.1 Å². The van der Waals surface area contributed by atoms with E-state index in [-0.39, 0.29) is 18.4 Å². The van der Waals surface area contributed by atoms with Crippen molar-refractivity contribution in [3.63, 3.8) is 0 Å². The summed E-state index contributed by atoms with van der Waals surface area (Å²) in [5, 5.41) is 5.36. The molecule has 108 valence electrons. The van der Waals surface area contributed by atoms with E-state index < -0.39 is 0 Å². The Morgan fingerprint density at radius 1 is 0.905 bits per heavy atom. The lowest BCUT2D eigenvalue weighted by Crippen LogP contribution is -2.36. The zero-order chi connectivity index (χ0) is 15.1. The van der Waals surface area contributed by atoms with Crippen molar-refractivity contribution in [2.45, 2.75) is 13.5 Å². The van der Waals surface area contributed by atoms with E-state index in [1.165, 1.54) is 0 Å². The normalized spacial score (nSPS) is 9.95. The topological polar surface area (TPSA) is 58.2 Å². The van der Waals surface area contributed by atoms with Gasteiger partial charge in [-0.3, -0.25) is 9.59 Å². The van der Waals surface area contributed by atoms with E-state index in [2.05, 4.69) is 10.6 Å². The molecule has 21 heavy (non-hydrogen) atoms. The first kappa shape index (κ1) is 14.8. The van der Waals surface area contributed by atoms with Crippen LogP contribution >= 0.6 is 0 Å². The lowest BCUT2D eigenvalue weighted by atomic mass is 10.1. The summed E-state index contributed by atoms with van der Waals surface area (Å²) in [7, 11) is 0. The minimum atomic E-state index is -0.245. The van der Waals surface area contributed by atoms with Gasteiger partial charge in [-0.2, -0.15) is 0 Å². The number of carbonyl (C=O) groups excluding carboxylic acids is 2. The van der Waals surface area contributed by atoms with E-state index in [9.17, 15) is 9.59 Å². The summed E-state index contributed by atoms with van der Waals surface area (Å²) in [4.78, 5) is 23.5. The molecule has 0 unspecified atom stereocenters. The van der Waals surface area contributed by atoms with Crippen LogP contribution in [0.3, 0.4) is 0 Å². The molecule has 0 aliphatic rings. The van der Waals surface area contributed by atoms with Crippen LogP contribution in [0.15, 0.2) is 54.6 Å². The van der Waals surface area contributed by atoms with Crippen molar-refractivity contribution in [2.24, 2.45) is 0 Å². The molecule has 0 heterocycles. The number of carbonyl (C=O) groups is 2. The molecule has 2 amide bonds. The SMILES string of the molecule is Cc1ccc(C(=O)NCC(=O)NCc2ccccc2)cc1. The quantitative estimate of drug-likeness (QED) is 0.881. The molecule has 0 fully saturated rings. The van der Waals surface area contributed by atoms with Gasteiger partial charge in [0.05, 0.1) is 6.54 Å². The summed E-state index contributed by atoms with van der Waals surface area (Å²) < 4.78 is 0. The molecular formula is C17H18N2O2. The van der Waals surface area contributed by atoms with E-state index >= 15 is 0 Å². The van der Waals surface area contributed by atoms with E-state index in [1.807, 2.05) is 49.4 Å². The molecule has 0 radical (unpaired) electrons. The molecule has 0 aliphatic heterocycles. The minimum Gasteiger partial charge on any atom is -0.350 e. The summed E-state index contributed by atoms with van der Waals surface area (Å²) in [5.74, 6) is -0.454. The highest BCUT2D eigenvalue weighted by Crippen LogP contribution is 2.02. The third kappa shape index (κ3) is 4.76. The fraction of sp³-hybridized carbons (Fsp3) is 0.176. The van der Waals surface area contributed by atoms with Crippen molar-refractivity contribution in [3.8, 4) is 0 Å². The Bertz CT molecular complexity index is 606. The van der Waals surface area contributed by atoms with Crippen LogP contribution in [0.2, 0.25) is 0 Å². The van der Waals surface area contributed by atoms with Gasteiger partial charge in [0.2, 0.25) is 5.91 Å². The Kier molecular flexibility index (Phi) is 5.10. The lowest BCUT2D eigenvalue weighted by Gasteiger charge is -2.07. The Hall–Kier alpha value is -2.62. The summed E-state index contributed by atoms with van der Waals surface area (Å²) >= 11 is 0. The summed E-state index contributed by atoms with van der Waals surface area (Å²) in [6, 6.07) is 16.8. The number of amides is 2. The average Bonchev–Trinajstić information content (AvgIpc) is 2.52. The van der Waals surface area contributed by atoms with E-state index in [4.69, 9.17) is 0 Å². The predicted octanol–water partition coefficient (Wildman–Crippen LogP) is 2.04. The molecule has 0 aromatic heterocycles.